The van der Waals surface area contributed by atoms with Crippen molar-refractivity contribution in [3.05, 3.63) is 77.3 Å². The van der Waals surface area contributed by atoms with Gasteiger partial charge in [-0.05, 0) is 29.3 Å². The van der Waals surface area contributed by atoms with Gasteiger partial charge in [-0.1, -0.05) is 54.1 Å². The number of rotatable bonds is 4. The van der Waals surface area contributed by atoms with E-state index in [4.69, 9.17) is 11.6 Å². The molecule has 0 radical (unpaired) electrons. The van der Waals surface area contributed by atoms with Crippen LogP contribution in [0.15, 0.2) is 66.7 Å². The lowest BCUT2D eigenvalue weighted by atomic mass is 10.1. The monoisotopic (exact) mass is 323 g/mol. The van der Waals surface area contributed by atoms with Crippen LogP contribution in [0.5, 0.6) is 0 Å². The standard InChI is InChI=1S/C18H14ClN3O/c19-15-9-7-14(8-10-15)16-12-17(22-21-16)20-18(23)11-6-13-4-2-1-3-5-13/h1-12H,(H2,20,21,22,23)/b11-6-. The summed E-state index contributed by atoms with van der Waals surface area (Å²) in [5.41, 5.74) is 2.72. The highest BCUT2D eigenvalue weighted by Crippen LogP contribution is 2.21. The molecule has 0 unspecified atom stereocenters. The van der Waals surface area contributed by atoms with Crippen molar-refractivity contribution in [3.8, 4) is 11.3 Å². The number of amides is 1. The van der Waals surface area contributed by atoms with Gasteiger partial charge in [0, 0.05) is 17.2 Å². The summed E-state index contributed by atoms with van der Waals surface area (Å²) in [6, 6.07) is 18.8. The minimum absolute atomic E-state index is 0.233. The fraction of sp³-hybridized carbons (Fsp3) is 0. The van der Waals surface area contributed by atoms with Crippen molar-refractivity contribution >= 4 is 29.4 Å². The topological polar surface area (TPSA) is 57.8 Å². The normalized spacial score (nSPS) is 10.8. The Labute approximate surface area is 138 Å². The number of nitrogens with one attached hydrogen (secondary N) is 2. The van der Waals surface area contributed by atoms with Gasteiger partial charge in [-0.2, -0.15) is 5.10 Å². The molecule has 1 heterocycles. The third kappa shape index (κ3) is 4.08. The van der Waals surface area contributed by atoms with E-state index in [0.717, 1.165) is 16.8 Å². The molecule has 0 fully saturated rings. The largest absolute Gasteiger partial charge is 0.306 e. The summed E-state index contributed by atoms with van der Waals surface area (Å²) in [6.45, 7) is 0. The van der Waals surface area contributed by atoms with Crippen molar-refractivity contribution in [2.24, 2.45) is 0 Å². The Morgan fingerprint density at radius 3 is 2.57 bits per heavy atom. The molecule has 0 saturated heterocycles. The lowest BCUT2D eigenvalue weighted by Gasteiger charge is -1.97. The van der Waals surface area contributed by atoms with Gasteiger partial charge in [-0.25, -0.2) is 0 Å². The SMILES string of the molecule is O=C(/C=C\c1ccccc1)Nc1cc(-c2ccc(Cl)cc2)[nH]n1. The van der Waals surface area contributed by atoms with Crippen molar-refractivity contribution in [1.82, 2.24) is 10.2 Å². The van der Waals surface area contributed by atoms with Gasteiger partial charge < -0.3 is 5.32 Å². The Morgan fingerprint density at radius 2 is 1.83 bits per heavy atom. The molecule has 5 heteroatoms. The van der Waals surface area contributed by atoms with E-state index in [-0.39, 0.29) is 5.91 Å². The number of aromatic amines is 1. The van der Waals surface area contributed by atoms with Gasteiger partial charge in [0.15, 0.2) is 5.82 Å². The van der Waals surface area contributed by atoms with E-state index >= 15 is 0 Å². The number of aromatic nitrogens is 2. The third-order valence-electron chi connectivity index (χ3n) is 3.21. The molecule has 0 spiro atoms. The molecule has 1 amide bonds. The third-order valence-corrected chi connectivity index (χ3v) is 3.46. The molecule has 1 aromatic heterocycles. The first-order valence-electron chi connectivity index (χ1n) is 7.06. The highest BCUT2D eigenvalue weighted by atomic mass is 35.5. The Balaban J connectivity index is 1.66. The molecule has 3 rings (SSSR count). The van der Waals surface area contributed by atoms with Crippen LogP contribution in [0.4, 0.5) is 5.82 Å². The molecule has 0 saturated carbocycles. The van der Waals surface area contributed by atoms with Crippen LogP contribution in [-0.2, 0) is 4.79 Å². The van der Waals surface area contributed by atoms with Gasteiger partial charge in [0.1, 0.15) is 0 Å². The smallest absolute Gasteiger partial charge is 0.249 e. The lowest BCUT2D eigenvalue weighted by molar-refractivity contribution is -0.111. The maximum atomic E-state index is 11.9. The second kappa shape index (κ2) is 6.94. The first-order chi connectivity index (χ1) is 11.2. The van der Waals surface area contributed by atoms with Gasteiger partial charge in [0.05, 0.1) is 5.69 Å². The van der Waals surface area contributed by atoms with Crippen molar-refractivity contribution in [2.75, 3.05) is 5.32 Å². The first-order valence-corrected chi connectivity index (χ1v) is 7.44. The molecule has 0 bridgehead atoms. The van der Waals surface area contributed by atoms with Crippen molar-refractivity contribution in [2.45, 2.75) is 0 Å². The summed E-state index contributed by atoms with van der Waals surface area (Å²) < 4.78 is 0. The maximum absolute atomic E-state index is 11.9. The lowest BCUT2D eigenvalue weighted by Crippen LogP contribution is -2.07. The van der Waals surface area contributed by atoms with E-state index in [1.165, 1.54) is 6.08 Å². The number of hydrogen-bond acceptors (Lipinski definition) is 2. The van der Waals surface area contributed by atoms with E-state index in [2.05, 4.69) is 15.5 Å². The zero-order valence-corrected chi connectivity index (χ0v) is 12.9. The van der Waals surface area contributed by atoms with E-state index in [0.29, 0.717) is 10.8 Å². The minimum atomic E-state index is -0.233. The highest BCUT2D eigenvalue weighted by molar-refractivity contribution is 6.30. The number of H-pyrrole nitrogens is 1. The van der Waals surface area contributed by atoms with Crippen LogP contribution in [0.3, 0.4) is 0 Å². The van der Waals surface area contributed by atoms with Crippen molar-refractivity contribution in [3.63, 3.8) is 0 Å². The predicted octanol–water partition coefficient (Wildman–Crippen LogP) is 4.38. The summed E-state index contributed by atoms with van der Waals surface area (Å²) in [7, 11) is 0. The Bertz CT molecular complexity index is 823. The Kier molecular flexibility index (Phi) is 4.54. The molecule has 114 valence electrons. The fourth-order valence-electron chi connectivity index (χ4n) is 2.07. The van der Waals surface area contributed by atoms with Gasteiger partial charge in [-0.15, -0.1) is 0 Å². The van der Waals surface area contributed by atoms with Gasteiger partial charge >= 0.3 is 0 Å². The second-order valence-corrected chi connectivity index (χ2v) is 5.34. The van der Waals surface area contributed by atoms with Crippen LogP contribution in [-0.4, -0.2) is 16.1 Å². The Hall–Kier alpha value is -2.85. The van der Waals surface area contributed by atoms with Gasteiger partial charge in [0.25, 0.3) is 0 Å². The van der Waals surface area contributed by atoms with Gasteiger partial charge in [-0.3, -0.25) is 9.89 Å². The number of nitrogens with zero attached hydrogens (tertiary/aromatic N) is 1. The maximum Gasteiger partial charge on any atom is 0.249 e. The second-order valence-electron chi connectivity index (χ2n) is 4.91. The molecule has 0 aliphatic rings. The van der Waals surface area contributed by atoms with E-state index in [1.54, 1.807) is 24.3 Å². The molecule has 0 aliphatic carbocycles. The molecule has 0 aliphatic heterocycles. The van der Waals surface area contributed by atoms with Crippen LogP contribution >= 0.6 is 11.6 Å². The number of anilines is 1. The van der Waals surface area contributed by atoms with E-state index in [9.17, 15) is 4.79 Å². The summed E-state index contributed by atoms with van der Waals surface area (Å²) in [6.07, 6.45) is 3.23. The molecule has 2 aromatic carbocycles. The molecule has 23 heavy (non-hydrogen) atoms. The molecule has 2 N–H and O–H groups in total. The molecular formula is C18H14ClN3O. The predicted molar refractivity (Wildman–Crippen MR) is 93.1 cm³/mol. The van der Waals surface area contributed by atoms with Gasteiger partial charge in [0.2, 0.25) is 5.91 Å². The highest BCUT2D eigenvalue weighted by Gasteiger charge is 2.05. The summed E-state index contributed by atoms with van der Waals surface area (Å²) >= 11 is 5.87. The summed E-state index contributed by atoms with van der Waals surface area (Å²) in [4.78, 5) is 11.9. The quantitative estimate of drug-likeness (QED) is 0.700. The molecule has 4 nitrogen and oxygen atoms in total. The van der Waals surface area contributed by atoms with E-state index in [1.807, 2.05) is 42.5 Å². The van der Waals surface area contributed by atoms with Crippen LogP contribution in [0.25, 0.3) is 17.3 Å². The zero-order chi connectivity index (χ0) is 16.1. The number of carbonyl (C=O) groups excluding carboxylic acids is 1. The Morgan fingerprint density at radius 1 is 1.09 bits per heavy atom. The molecule has 0 atom stereocenters. The average Bonchev–Trinajstić information content (AvgIpc) is 3.03. The number of hydrogen-bond donors (Lipinski definition) is 2. The van der Waals surface area contributed by atoms with Crippen molar-refractivity contribution in [1.29, 1.82) is 0 Å². The van der Waals surface area contributed by atoms with Crippen LogP contribution in [0.2, 0.25) is 5.02 Å². The molecular weight excluding hydrogens is 310 g/mol. The first kappa shape index (κ1) is 15.1. The number of benzene rings is 2. The van der Waals surface area contributed by atoms with Crippen LogP contribution in [0.1, 0.15) is 5.56 Å². The average molecular weight is 324 g/mol. The zero-order valence-electron chi connectivity index (χ0n) is 12.2. The fourth-order valence-corrected chi connectivity index (χ4v) is 2.19. The number of halogens is 1. The van der Waals surface area contributed by atoms with Crippen LogP contribution in [0, 0.1) is 0 Å². The molecule has 3 aromatic rings. The summed E-state index contributed by atoms with van der Waals surface area (Å²) in [5, 5.41) is 10.4. The minimum Gasteiger partial charge on any atom is -0.306 e. The van der Waals surface area contributed by atoms with Crippen LogP contribution < -0.4 is 5.32 Å². The number of carbonyl (C=O) groups is 1. The van der Waals surface area contributed by atoms with Crippen molar-refractivity contribution < 1.29 is 4.79 Å². The van der Waals surface area contributed by atoms with E-state index < -0.39 is 0 Å². The summed E-state index contributed by atoms with van der Waals surface area (Å²) in [5.74, 6) is 0.237.